The fraction of sp³-hybridized carbons (Fsp3) is 0.258. The van der Waals surface area contributed by atoms with Crippen molar-refractivity contribution in [3.63, 3.8) is 0 Å². The predicted octanol–water partition coefficient (Wildman–Crippen LogP) is 5.85. The second-order valence-corrected chi connectivity index (χ2v) is 11.5. The maximum absolute atomic E-state index is 14.1. The molecule has 0 fully saturated rings. The number of benzene rings is 3. The van der Waals surface area contributed by atoms with Crippen molar-refractivity contribution in [2.24, 2.45) is 5.92 Å². The molecule has 0 saturated carbocycles. The zero-order valence-corrected chi connectivity index (χ0v) is 25.3. The van der Waals surface area contributed by atoms with E-state index < -0.39 is 5.91 Å². The van der Waals surface area contributed by atoms with Gasteiger partial charge in [0.25, 0.3) is 11.8 Å². The van der Waals surface area contributed by atoms with E-state index in [-0.39, 0.29) is 42.3 Å². The number of imidazole rings is 1. The van der Waals surface area contributed by atoms with Crippen molar-refractivity contribution in [1.82, 2.24) is 19.4 Å². The molecule has 3 aromatic carbocycles. The van der Waals surface area contributed by atoms with Crippen LogP contribution in [-0.2, 0) is 13.1 Å². The van der Waals surface area contributed by atoms with Crippen LogP contribution in [0.15, 0.2) is 82.1 Å². The molecule has 10 heteroatoms. The number of hydrogen-bond donors (Lipinski definition) is 1. The molecule has 2 amide bonds. The van der Waals surface area contributed by atoms with Crippen molar-refractivity contribution in [3.05, 3.63) is 115 Å². The number of ether oxygens (including phenoxy) is 1. The number of halogens is 2. The van der Waals surface area contributed by atoms with Crippen molar-refractivity contribution in [2.45, 2.75) is 33.0 Å². The van der Waals surface area contributed by atoms with Crippen LogP contribution in [0, 0.1) is 5.92 Å². The van der Waals surface area contributed by atoms with Gasteiger partial charge in [0, 0.05) is 23.1 Å². The van der Waals surface area contributed by atoms with E-state index in [2.05, 4.69) is 21.2 Å². The van der Waals surface area contributed by atoms with Crippen LogP contribution in [0.1, 0.15) is 52.0 Å². The van der Waals surface area contributed by atoms with Crippen LogP contribution in [0.3, 0.4) is 0 Å². The van der Waals surface area contributed by atoms with Crippen LogP contribution in [0.4, 0.5) is 0 Å². The van der Waals surface area contributed by atoms with E-state index in [1.54, 1.807) is 59.0 Å². The highest BCUT2D eigenvalue weighted by atomic mass is 79.9. The van der Waals surface area contributed by atoms with Crippen molar-refractivity contribution in [2.75, 3.05) is 13.7 Å². The number of nitrogens with one attached hydrogen (secondary N) is 1. The molecule has 41 heavy (non-hydrogen) atoms. The van der Waals surface area contributed by atoms with Crippen molar-refractivity contribution in [3.8, 4) is 11.4 Å². The lowest BCUT2D eigenvalue weighted by Crippen LogP contribution is -2.41. The molecule has 0 saturated heterocycles. The Labute approximate surface area is 251 Å². The second-order valence-electron chi connectivity index (χ2n) is 10.2. The number of fused-ring (bicyclic) bond motifs is 1. The minimum Gasteiger partial charge on any atom is -0.497 e. The number of aromatic nitrogens is 2. The summed E-state index contributed by atoms with van der Waals surface area (Å²) in [5.41, 5.74) is 2.26. The van der Waals surface area contributed by atoms with E-state index in [4.69, 9.17) is 16.3 Å². The first-order valence-corrected chi connectivity index (χ1v) is 14.5. The van der Waals surface area contributed by atoms with Crippen molar-refractivity contribution < 1.29 is 14.3 Å². The molecule has 1 N–H and O–H groups in total. The minimum atomic E-state index is -0.393. The number of hydrogen-bond acceptors (Lipinski definition) is 4. The summed E-state index contributed by atoms with van der Waals surface area (Å²) in [7, 11) is 1.57. The molecule has 0 spiro atoms. The Morgan fingerprint density at radius 1 is 1.00 bits per heavy atom. The zero-order valence-electron chi connectivity index (χ0n) is 22.9. The zero-order chi connectivity index (χ0) is 29.3. The van der Waals surface area contributed by atoms with Crippen LogP contribution in [-0.4, -0.2) is 39.5 Å². The van der Waals surface area contributed by atoms with Gasteiger partial charge in [-0.2, -0.15) is 0 Å². The number of methoxy groups -OCH3 is 1. The number of nitrogens with zero attached hydrogens (tertiary/aromatic N) is 3. The van der Waals surface area contributed by atoms with Gasteiger partial charge in [-0.1, -0.05) is 55.8 Å². The van der Waals surface area contributed by atoms with Gasteiger partial charge in [0.2, 0.25) is 0 Å². The van der Waals surface area contributed by atoms with Gasteiger partial charge in [-0.3, -0.25) is 18.7 Å². The Morgan fingerprint density at radius 3 is 2.34 bits per heavy atom. The lowest BCUT2D eigenvalue weighted by atomic mass is 9.96. The highest BCUT2D eigenvalue weighted by molar-refractivity contribution is 9.10. The summed E-state index contributed by atoms with van der Waals surface area (Å²) in [6.07, 6.45) is 0. The molecular weight excluding hydrogens is 608 g/mol. The molecule has 212 valence electrons. The summed E-state index contributed by atoms with van der Waals surface area (Å²) in [5, 5.41) is 3.60. The Balaban J connectivity index is 1.58. The first kappa shape index (κ1) is 28.7. The highest BCUT2D eigenvalue weighted by Gasteiger charge is 2.33. The van der Waals surface area contributed by atoms with Crippen LogP contribution < -0.4 is 15.7 Å². The summed E-state index contributed by atoms with van der Waals surface area (Å²) in [6.45, 7) is 4.72. The molecule has 0 bridgehead atoms. The summed E-state index contributed by atoms with van der Waals surface area (Å²) in [5.74, 6) is 0.0908. The summed E-state index contributed by atoms with van der Waals surface area (Å²) >= 11 is 9.61. The highest BCUT2D eigenvalue weighted by Crippen LogP contribution is 2.27. The van der Waals surface area contributed by atoms with Gasteiger partial charge in [-0.25, -0.2) is 4.79 Å². The first-order valence-electron chi connectivity index (χ1n) is 13.3. The molecule has 1 aromatic heterocycles. The fourth-order valence-electron chi connectivity index (χ4n) is 5.15. The normalized spacial score (nSPS) is 13.6. The lowest BCUT2D eigenvalue weighted by molar-refractivity contribution is 0.0706. The first-order chi connectivity index (χ1) is 19.7. The quantitative estimate of drug-likeness (QED) is 0.276. The fourth-order valence-corrected chi connectivity index (χ4v) is 5.58. The summed E-state index contributed by atoms with van der Waals surface area (Å²) in [6, 6.07) is 21.5. The monoisotopic (exact) mass is 636 g/mol. The van der Waals surface area contributed by atoms with Gasteiger partial charge in [0.1, 0.15) is 11.4 Å². The SMILES string of the molecule is COc1ccc(-n2c(C(=O)NC(c3ccccc3)C(C)C)c3n(c2=O)CCN(C(=O)c2ccc(Br)c(Cl)c2)C3)cc1. The van der Waals surface area contributed by atoms with E-state index in [0.717, 1.165) is 5.56 Å². The van der Waals surface area contributed by atoms with Gasteiger partial charge >= 0.3 is 5.69 Å². The molecule has 1 atom stereocenters. The van der Waals surface area contributed by atoms with Crippen molar-refractivity contribution >= 4 is 39.3 Å². The molecular formula is C31H30BrClN4O4. The van der Waals surface area contributed by atoms with Crippen LogP contribution >= 0.6 is 27.5 Å². The number of carbonyl (C=O) groups excluding carboxylic acids is 2. The lowest BCUT2D eigenvalue weighted by Gasteiger charge is -2.29. The topological polar surface area (TPSA) is 85.6 Å². The second kappa shape index (κ2) is 12.0. The molecule has 1 unspecified atom stereocenters. The minimum absolute atomic E-state index is 0.0844. The van der Waals surface area contributed by atoms with Crippen LogP contribution in [0.5, 0.6) is 5.75 Å². The van der Waals surface area contributed by atoms with E-state index in [9.17, 15) is 14.4 Å². The Hall–Kier alpha value is -3.82. The van der Waals surface area contributed by atoms with Gasteiger partial charge in [-0.15, -0.1) is 0 Å². The van der Waals surface area contributed by atoms with Gasteiger partial charge in [-0.05, 0) is 69.9 Å². The molecule has 1 aliphatic rings. The number of amides is 2. The smallest absolute Gasteiger partial charge is 0.333 e. The van der Waals surface area contributed by atoms with E-state index >= 15 is 0 Å². The van der Waals surface area contributed by atoms with Crippen LogP contribution in [0.25, 0.3) is 5.69 Å². The molecule has 2 heterocycles. The van der Waals surface area contributed by atoms with Gasteiger partial charge in [0.05, 0.1) is 36.1 Å². The number of rotatable bonds is 7. The van der Waals surface area contributed by atoms with Crippen LogP contribution in [0.2, 0.25) is 5.02 Å². The Kier molecular flexibility index (Phi) is 8.37. The summed E-state index contributed by atoms with van der Waals surface area (Å²) in [4.78, 5) is 43.1. The third-order valence-electron chi connectivity index (χ3n) is 7.29. The average Bonchev–Trinajstić information content (AvgIpc) is 3.28. The molecule has 8 nitrogen and oxygen atoms in total. The molecule has 0 aliphatic carbocycles. The molecule has 0 radical (unpaired) electrons. The molecule has 5 rings (SSSR count). The van der Waals surface area contributed by atoms with E-state index in [0.29, 0.717) is 38.7 Å². The summed E-state index contributed by atoms with van der Waals surface area (Å²) < 4.78 is 9.00. The largest absolute Gasteiger partial charge is 0.497 e. The Bertz CT molecular complexity index is 1650. The molecule has 4 aromatic rings. The third kappa shape index (κ3) is 5.69. The maximum Gasteiger partial charge on any atom is 0.333 e. The van der Waals surface area contributed by atoms with E-state index in [1.807, 2.05) is 44.2 Å². The average molecular weight is 638 g/mol. The van der Waals surface area contributed by atoms with E-state index in [1.165, 1.54) is 4.57 Å². The third-order valence-corrected chi connectivity index (χ3v) is 8.52. The van der Waals surface area contributed by atoms with Crippen molar-refractivity contribution in [1.29, 1.82) is 0 Å². The molecule has 1 aliphatic heterocycles. The van der Waals surface area contributed by atoms with Gasteiger partial charge < -0.3 is 15.0 Å². The standard InChI is InChI=1S/C31H30BrClN4O4/c1-19(2)27(20-7-5-4-6-8-20)34-29(38)28-26-18-35(30(39)21-9-14-24(32)25(33)17-21)15-16-36(26)31(40)37(28)22-10-12-23(41-3)13-11-22/h4-14,17,19,27H,15-16,18H2,1-3H3,(H,34,38). The maximum atomic E-state index is 14.1. The number of carbonyl (C=O) groups is 2. The predicted molar refractivity (Wildman–Crippen MR) is 162 cm³/mol. The Morgan fingerprint density at radius 2 is 1.71 bits per heavy atom. The van der Waals surface area contributed by atoms with Gasteiger partial charge in [0.15, 0.2) is 0 Å².